The molecule has 0 aromatic carbocycles. The molecule has 0 radical (unpaired) electrons. The lowest BCUT2D eigenvalue weighted by molar-refractivity contribution is -0.137. The molecule has 15 heavy (non-hydrogen) atoms. The van der Waals surface area contributed by atoms with Gasteiger partial charge in [-0.2, -0.15) is 4.31 Å². The normalized spacial score (nSPS) is 14.1. The van der Waals surface area contributed by atoms with Gasteiger partial charge in [-0.05, 0) is 6.42 Å². The summed E-state index contributed by atoms with van der Waals surface area (Å²) in [6.45, 7) is 1.33. The van der Waals surface area contributed by atoms with Crippen LogP contribution in [-0.4, -0.2) is 54.4 Å². The lowest BCUT2D eigenvalue weighted by Gasteiger charge is -2.26. The standard InChI is InChI=1S/C8H17NO5S/c1-3-7(6-10)9(15(2,13)14)5-4-8(11)12/h7,10H,3-6H2,1-2H3,(H,11,12). The van der Waals surface area contributed by atoms with Crippen molar-refractivity contribution in [1.29, 1.82) is 0 Å². The highest BCUT2D eigenvalue weighted by atomic mass is 32.2. The van der Waals surface area contributed by atoms with Gasteiger partial charge in [0.2, 0.25) is 10.0 Å². The van der Waals surface area contributed by atoms with E-state index in [0.717, 1.165) is 10.6 Å². The highest BCUT2D eigenvalue weighted by Gasteiger charge is 2.25. The SMILES string of the molecule is CCC(CO)N(CCC(=O)O)S(C)(=O)=O. The van der Waals surface area contributed by atoms with Gasteiger partial charge in [-0.3, -0.25) is 4.79 Å². The van der Waals surface area contributed by atoms with Gasteiger partial charge in [0, 0.05) is 12.6 Å². The molecule has 1 atom stereocenters. The number of sulfonamides is 1. The lowest BCUT2D eigenvalue weighted by Crippen LogP contribution is -2.42. The van der Waals surface area contributed by atoms with Crippen molar-refractivity contribution in [2.24, 2.45) is 0 Å². The van der Waals surface area contributed by atoms with Gasteiger partial charge in [-0.15, -0.1) is 0 Å². The van der Waals surface area contributed by atoms with Gasteiger partial charge in [0.1, 0.15) is 0 Å². The van der Waals surface area contributed by atoms with Crippen molar-refractivity contribution in [3.05, 3.63) is 0 Å². The van der Waals surface area contributed by atoms with Gasteiger partial charge in [0.15, 0.2) is 0 Å². The summed E-state index contributed by atoms with van der Waals surface area (Å²) < 4.78 is 23.7. The highest BCUT2D eigenvalue weighted by molar-refractivity contribution is 7.88. The van der Waals surface area contributed by atoms with Crippen LogP contribution in [0.3, 0.4) is 0 Å². The summed E-state index contributed by atoms with van der Waals surface area (Å²) in [4.78, 5) is 10.3. The summed E-state index contributed by atoms with van der Waals surface area (Å²) in [7, 11) is -3.47. The fourth-order valence-electron chi connectivity index (χ4n) is 1.25. The first kappa shape index (κ1) is 14.3. The maximum absolute atomic E-state index is 11.3. The van der Waals surface area contributed by atoms with Gasteiger partial charge in [0.25, 0.3) is 0 Å². The highest BCUT2D eigenvalue weighted by Crippen LogP contribution is 2.09. The Kier molecular flexibility index (Phi) is 5.77. The Hall–Kier alpha value is -0.660. The molecule has 6 nitrogen and oxygen atoms in total. The predicted molar refractivity (Wildman–Crippen MR) is 55.0 cm³/mol. The first-order chi connectivity index (χ1) is 6.82. The molecule has 0 heterocycles. The summed E-state index contributed by atoms with van der Waals surface area (Å²) in [5.41, 5.74) is 0. The number of hydrogen-bond acceptors (Lipinski definition) is 4. The van der Waals surface area contributed by atoms with Crippen molar-refractivity contribution in [3.63, 3.8) is 0 Å². The number of nitrogens with zero attached hydrogens (tertiary/aromatic N) is 1. The Labute approximate surface area is 89.6 Å². The van der Waals surface area contributed by atoms with Crippen LogP contribution >= 0.6 is 0 Å². The molecule has 0 amide bonds. The smallest absolute Gasteiger partial charge is 0.304 e. The number of carboxylic acid groups (broad SMARTS) is 1. The van der Waals surface area contributed by atoms with E-state index in [1.165, 1.54) is 0 Å². The van der Waals surface area contributed by atoms with Gasteiger partial charge >= 0.3 is 5.97 Å². The maximum atomic E-state index is 11.3. The Bertz CT molecular complexity index is 296. The molecule has 0 aliphatic carbocycles. The summed E-state index contributed by atoms with van der Waals surface area (Å²) in [5.74, 6) is -1.06. The van der Waals surface area contributed by atoms with Crippen molar-refractivity contribution in [2.45, 2.75) is 25.8 Å². The molecule has 1 unspecified atom stereocenters. The summed E-state index contributed by atoms with van der Waals surface area (Å²) in [6, 6.07) is -0.542. The van der Waals surface area contributed by atoms with E-state index in [9.17, 15) is 13.2 Å². The van der Waals surface area contributed by atoms with E-state index in [2.05, 4.69) is 0 Å². The number of rotatable bonds is 7. The van der Waals surface area contributed by atoms with Crippen LogP contribution in [0.15, 0.2) is 0 Å². The molecule has 0 saturated heterocycles. The number of aliphatic hydroxyl groups excluding tert-OH is 1. The van der Waals surface area contributed by atoms with E-state index in [0.29, 0.717) is 6.42 Å². The third-order valence-electron chi connectivity index (χ3n) is 2.06. The van der Waals surface area contributed by atoms with Crippen molar-refractivity contribution in [3.8, 4) is 0 Å². The number of aliphatic hydroxyl groups is 1. The van der Waals surface area contributed by atoms with Crippen molar-refractivity contribution in [1.82, 2.24) is 4.31 Å². The molecule has 0 aliphatic rings. The topological polar surface area (TPSA) is 94.9 Å². The zero-order valence-electron chi connectivity index (χ0n) is 8.88. The quantitative estimate of drug-likeness (QED) is 0.624. The molecule has 0 aliphatic heterocycles. The molecule has 0 fully saturated rings. The molecular formula is C8H17NO5S. The molecule has 90 valence electrons. The maximum Gasteiger partial charge on any atom is 0.304 e. The van der Waals surface area contributed by atoms with Gasteiger partial charge < -0.3 is 10.2 Å². The zero-order chi connectivity index (χ0) is 12.1. The summed E-state index contributed by atoms with van der Waals surface area (Å²) in [5, 5.41) is 17.4. The molecule has 0 aromatic heterocycles. The Morgan fingerprint density at radius 3 is 2.27 bits per heavy atom. The first-order valence-electron chi connectivity index (χ1n) is 4.62. The average molecular weight is 239 g/mol. The zero-order valence-corrected chi connectivity index (χ0v) is 9.70. The second kappa shape index (κ2) is 6.04. The van der Waals surface area contributed by atoms with Crippen LogP contribution in [0.1, 0.15) is 19.8 Å². The number of hydrogen-bond donors (Lipinski definition) is 2. The summed E-state index contributed by atoms with van der Waals surface area (Å²) >= 11 is 0. The van der Waals surface area contributed by atoms with Gasteiger partial charge in [0.05, 0.1) is 19.3 Å². The molecule has 0 bridgehead atoms. The van der Waals surface area contributed by atoms with Crippen LogP contribution in [0.25, 0.3) is 0 Å². The van der Waals surface area contributed by atoms with E-state index in [4.69, 9.17) is 10.2 Å². The summed E-state index contributed by atoms with van der Waals surface area (Å²) in [6.07, 6.45) is 1.19. The number of aliphatic carboxylic acids is 1. The Morgan fingerprint density at radius 1 is 1.47 bits per heavy atom. The van der Waals surface area contributed by atoms with E-state index in [1.54, 1.807) is 6.92 Å². The van der Waals surface area contributed by atoms with Crippen LogP contribution in [0, 0.1) is 0 Å². The minimum Gasteiger partial charge on any atom is -0.481 e. The average Bonchev–Trinajstić information content (AvgIpc) is 2.09. The Morgan fingerprint density at radius 2 is 2.00 bits per heavy atom. The molecule has 0 saturated carbocycles. The Balaban J connectivity index is 4.66. The monoisotopic (exact) mass is 239 g/mol. The molecule has 0 rings (SSSR count). The number of carboxylic acids is 1. The largest absolute Gasteiger partial charge is 0.481 e. The van der Waals surface area contributed by atoms with E-state index >= 15 is 0 Å². The third-order valence-corrected chi connectivity index (χ3v) is 3.39. The van der Waals surface area contributed by atoms with Crippen molar-refractivity contribution >= 4 is 16.0 Å². The van der Waals surface area contributed by atoms with Crippen LogP contribution in [-0.2, 0) is 14.8 Å². The third kappa shape index (κ3) is 5.10. The fraction of sp³-hybridized carbons (Fsp3) is 0.875. The van der Waals surface area contributed by atoms with Crippen LogP contribution < -0.4 is 0 Å². The lowest BCUT2D eigenvalue weighted by atomic mass is 10.2. The fourth-order valence-corrected chi connectivity index (χ4v) is 2.43. The minimum absolute atomic E-state index is 0.104. The predicted octanol–water partition coefficient (Wildman–Crippen LogP) is -0.506. The van der Waals surface area contributed by atoms with Crippen LogP contribution in [0.5, 0.6) is 0 Å². The van der Waals surface area contributed by atoms with Gasteiger partial charge in [-0.1, -0.05) is 6.92 Å². The van der Waals surface area contributed by atoms with E-state index < -0.39 is 22.0 Å². The molecule has 0 spiro atoms. The van der Waals surface area contributed by atoms with E-state index in [1.807, 2.05) is 0 Å². The first-order valence-corrected chi connectivity index (χ1v) is 6.47. The second-order valence-electron chi connectivity index (χ2n) is 3.26. The van der Waals surface area contributed by atoms with Crippen LogP contribution in [0.4, 0.5) is 0 Å². The number of carbonyl (C=O) groups is 1. The molecule has 0 aromatic rings. The minimum atomic E-state index is -3.47. The van der Waals surface area contributed by atoms with Gasteiger partial charge in [-0.25, -0.2) is 8.42 Å². The van der Waals surface area contributed by atoms with E-state index in [-0.39, 0.29) is 19.6 Å². The second-order valence-corrected chi connectivity index (χ2v) is 5.20. The van der Waals surface area contributed by atoms with Crippen LogP contribution in [0.2, 0.25) is 0 Å². The molecule has 7 heteroatoms. The molecular weight excluding hydrogens is 222 g/mol. The van der Waals surface area contributed by atoms with Crippen molar-refractivity contribution < 1.29 is 23.4 Å². The van der Waals surface area contributed by atoms with Crippen molar-refractivity contribution in [2.75, 3.05) is 19.4 Å². The molecule has 2 N–H and O–H groups in total.